The lowest BCUT2D eigenvalue weighted by molar-refractivity contribution is 0.390. The van der Waals surface area contributed by atoms with Gasteiger partial charge in [-0.2, -0.15) is 0 Å². The van der Waals surface area contributed by atoms with E-state index in [-0.39, 0.29) is 0 Å². The van der Waals surface area contributed by atoms with Crippen molar-refractivity contribution in [3.63, 3.8) is 0 Å². The van der Waals surface area contributed by atoms with Crippen LogP contribution in [0.2, 0.25) is 0 Å². The van der Waals surface area contributed by atoms with E-state index in [0.29, 0.717) is 5.88 Å². The lowest BCUT2D eigenvalue weighted by Crippen LogP contribution is -2.17. The highest BCUT2D eigenvalue weighted by Gasteiger charge is 2.02. The third kappa shape index (κ3) is 3.32. The van der Waals surface area contributed by atoms with Crippen LogP contribution >= 0.6 is 0 Å². The fourth-order valence-electron chi connectivity index (χ4n) is 1.63. The summed E-state index contributed by atoms with van der Waals surface area (Å²) < 4.78 is 10.4. The number of pyridine rings is 1. The van der Waals surface area contributed by atoms with Crippen LogP contribution in [0.15, 0.2) is 41.1 Å². The molecule has 0 aliphatic carbocycles. The molecule has 4 heteroatoms. The summed E-state index contributed by atoms with van der Waals surface area (Å²) in [5.41, 5.74) is 1.06. The Hall–Kier alpha value is -1.81. The highest BCUT2D eigenvalue weighted by atomic mass is 16.5. The van der Waals surface area contributed by atoms with Crippen molar-refractivity contribution < 1.29 is 9.15 Å². The molecule has 2 aromatic rings. The number of nitrogens with zero attached hydrogens (tertiary/aromatic N) is 1. The average molecular weight is 232 g/mol. The van der Waals surface area contributed by atoms with Gasteiger partial charge >= 0.3 is 0 Å². The highest BCUT2D eigenvalue weighted by Crippen LogP contribution is 2.12. The molecule has 0 fully saturated rings. The lowest BCUT2D eigenvalue weighted by atomic mass is 10.2. The first kappa shape index (κ1) is 11.7. The van der Waals surface area contributed by atoms with Crippen LogP contribution in [0.3, 0.4) is 0 Å². The lowest BCUT2D eigenvalue weighted by Gasteiger charge is -2.07. The number of rotatable bonds is 6. The number of aromatic nitrogens is 1. The van der Waals surface area contributed by atoms with Crippen LogP contribution in [0.4, 0.5) is 0 Å². The predicted molar refractivity (Wildman–Crippen MR) is 64.9 cm³/mol. The minimum Gasteiger partial charge on any atom is -0.481 e. The summed E-state index contributed by atoms with van der Waals surface area (Å²) in [6.45, 7) is 1.61. The second kappa shape index (κ2) is 6.06. The molecule has 0 aliphatic heterocycles. The summed E-state index contributed by atoms with van der Waals surface area (Å²) in [7, 11) is 1.63. The maximum Gasteiger partial charge on any atom is 0.217 e. The zero-order valence-electron chi connectivity index (χ0n) is 9.85. The molecule has 2 aromatic heterocycles. The first-order valence-corrected chi connectivity index (χ1v) is 5.61. The molecule has 0 spiro atoms. The molecule has 1 N–H and O–H groups in total. The zero-order valence-corrected chi connectivity index (χ0v) is 9.85. The standard InChI is InChI=1S/C13H16N2O2/c1-16-13-11(4-2-7-15-13)10-14-8-6-12-5-3-9-17-12/h2-5,7,9,14H,6,8,10H2,1H3. The monoisotopic (exact) mass is 232 g/mol. The molecule has 2 rings (SSSR count). The fraction of sp³-hybridized carbons (Fsp3) is 0.308. The SMILES string of the molecule is COc1ncccc1CNCCc1ccco1. The van der Waals surface area contributed by atoms with Gasteiger partial charge in [-0.15, -0.1) is 0 Å². The van der Waals surface area contributed by atoms with Crippen molar-refractivity contribution in [3.8, 4) is 5.88 Å². The van der Waals surface area contributed by atoms with E-state index in [0.717, 1.165) is 30.8 Å². The average Bonchev–Trinajstić information content (AvgIpc) is 2.88. The van der Waals surface area contributed by atoms with Gasteiger partial charge < -0.3 is 14.5 Å². The van der Waals surface area contributed by atoms with Gasteiger partial charge in [0.2, 0.25) is 5.88 Å². The summed E-state index contributed by atoms with van der Waals surface area (Å²) >= 11 is 0. The summed E-state index contributed by atoms with van der Waals surface area (Å²) in [4.78, 5) is 4.15. The third-order valence-electron chi connectivity index (χ3n) is 2.49. The Labute approximate surface area is 101 Å². The maximum atomic E-state index is 5.25. The minimum atomic E-state index is 0.679. The summed E-state index contributed by atoms with van der Waals surface area (Å²) in [6.07, 6.45) is 4.31. The van der Waals surface area contributed by atoms with Gasteiger partial charge in [0.1, 0.15) is 5.76 Å². The summed E-state index contributed by atoms with van der Waals surface area (Å²) in [6, 6.07) is 7.80. The number of hydrogen-bond acceptors (Lipinski definition) is 4. The highest BCUT2D eigenvalue weighted by molar-refractivity contribution is 5.24. The molecule has 0 bridgehead atoms. The molecule has 2 heterocycles. The quantitative estimate of drug-likeness (QED) is 0.774. The molecule has 90 valence electrons. The van der Waals surface area contributed by atoms with Gasteiger partial charge in [0, 0.05) is 31.3 Å². The molecule has 0 aromatic carbocycles. The van der Waals surface area contributed by atoms with Crippen molar-refractivity contribution in [1.82, 2.24) is 10.3 Å². The molecule has 4 nitrogen and oxygen atoms in total. The molecular formula is C13H16N2O2. The predicted octanol–water partition coefficient (Wildman–Crippen LogP) is 2.02. The van der Waals surface area contributed by atoms with E-state index >= 15 is 0 Å². The summed E-state index contributed by atoms with van der Waals surface area (Å²) in [5.74, 6) is 1.67. The number of ether oxygens (including phenoxy) is 1. The number of methoxy groups -OCH3 is 1. The Morgan fingerprint density at radius 3 is 3.06 bits per heavy atom. The molecule has 17 heavy (non-hydrogen) atoms. The van der Waals surface area contributed by atoms with Gasteiger partial charge in [0.05, 0.1) is 13.4 Å². The van der Waals surface area contributed by atoms with Crippen molar-refractivity contribution in [1.29, 1.82) is 0 Å². The van der Waals surface area contributed by atoms with E-state index in [1.54, 1.807) is 19.6 Å². The molecule has 0 unspecified atom stereocenters. The van der Waals surface area contributed by atoms with E-state index < -0.39 is 0 Å². The smallest absolute Gasteiger partial charge is 0.217 e. The zero-order chi connectivity index (χ0) is 11.9. The topological polar surface area (TPSA) is 47.3 Å². The van der Waals surface area contributed by atoms with Crippen LogP contribution in [0.5, 0.6) is 5.88 Å². The van der Waals surface area contributed by atoms with Gasteiger partial charge in [-0.05, 0) is 18.2 Å². The number of furan rings is 1. The van der Waals surface area contributed by atoms with Crippen LogP contribution in [0, 0.1) is 0 Å². The first-order chi connectivity index (χ1) is 8.40. The Kier molecular flexibility index (Phi) is 4.16. The van der Waals surface area contributed by atoms with Crippen LogP contribution in [-0.2, 0) is 13.0 Å². The van der Waals surface area contributed by atoms with E-state index in [2.05, 4.69) is 10.3 Å². The van der Waals surface area contributed by atoms with Crippen molar-refractivity contribution in [2.75, 3.05) is 13.7 Å². The first-order valence-electron chi connectivity index (χ1n) is 5.61. The molecule has 0 radical (unpaired) electrons. The van der Waals surface area contributed by atoms with E-state index in [4.69, 9.17) is 9.15 Å². The second-order valence-corrected chi connectivity index (χ2v) is 3.68. The summed E-state index contributed by atoms with van der Waals surface area (Å²) in [5, 5.41) is 3.33. The Morgan fingerprint density at radius 1 is 1.35 bits per heavy atom. The van der Waals surface area contributed by atoms with Crippen molar-refractivity contribution in [2.24, 2.45) is 0 Å². The largest absolute Gasteiger partial charge is 0.481 e. The second-order valence-electron chi connectivity index (χ2n) is 3.68. The van der Waals surface area contributed by atoms with Gasteiger partial charge in [-0.1, -0.05) is 6.07 Å². The van der Waals surface area contributed by atoms with Crippen molar-refractivity contribution in [3.05, 3.63) is 48.0 Å². The Balaban J connectivity index is 1.78. The molecule has 0 saturated heterocycles. The van der Waals surface area contributed by atoms with Crippen LogP contribution < -0.4 is 10.1 Å². The third-order valence-corrected chi connectivity index (χ3v) is 2.49. The molecule has 0 aliphatic rings. The molecular weight excluding hydrogens is 216 g/mol. The Bertz CT molecular complexity index is 440. The van der Waals surface area contributed by atoms with Gasteiger partial charge in [0.25, 0.3) is 0 Å². The van der Waals surface area contributed by atoms with Crippen molar-refractivity contribution in [2.45, 2.75) is 13.0 Å². The minimum absolute atomic E-state index is 0.679. The van der Waals surface area contributed by atoms with Gasteiger partial charge in [-0.25, -0.2) is 4.98 Å². The number of hydrogen-bond donors (Lipinski definition) is 1. The van der Waals surface area contributed by atoms with E-state index in [9.17, 15) is 0 Å². The van der Waals surface area contributed by atoms with Gasteiger partial charge in [-0.3, -0.25) is 0 Å². The fourth-order valence-corrected chi connectivity index (χ4v) is 1.63. The van der Waals surface area contributed by atoms with Crippen LogP contribution in [0.25, 0.3) is 0 Å². The molecule has 0 amide bonds. The molecule has 0 atom stereocenters. The maximum absolute atomic E-state index is 5.25. The van der Waals surface area contributed by atoms with Crippen LogP contribution in [0.1, 0.15) is 11.3 Å². The van der Waals surface area contributed by atoms with Crippen LogP contribution in [-0.4, -0.2) is 18.6 Å². The Morgan fingerprint density at radius 2 is 2.29 bits per heavy atom. The van der Waals surface area contributed by atoms with E-state index in [1.165, 1.54) is 0 Å². The normalized spacial score (nSPS) is 10.4. The van der Waals surface area contributed by atoms with Crippen molar-refractivity contribution >= 4 is 0 Å². The molecule has 0 saturated carbocycles. The number of nitrogens with one attached hydrogen (secondary N) is 1. The van der Waals surface area contributed by atoms with E-state index in [1.807, 2.05) is 24.3 Å². The van der Waals surface area contributed by atoms with Gasteiger partial charge in [0.15, 0.2) is 0 Å².